The molecule has 0 atom stereocenters. The van der Waals surface area contributed by atoms with Gasteiger partial charge in [-0.2, -0.15) is 5.10 Å². The summed E-state index contributed by atoms with van der Waals surface area (Å²) in [6, 6.07) is 1.35. The molecule has 1 rings (SSSR count). The number of carboxylic acids is 1. The number of carbonyl (C=O) groups is 2. The molecule has 0 saturated heterocycles. The Hall–Kier alpha value is -2.64. The molecule has 1 aromatic heterocycles. The number of rotatable bonds is 10. The lowest BCUT2D eigenvalue weighted by atomic mass is 10.1. The van der Waals surface area contributed by atoms with Crippen LogP contribution in [-0.2, 0) is 16.1 Å². The van der Waals surface area contributed by atoms with Gasteiger partial charge in [-0.15, -0.1) is 0 Å². The molecule has 0 aliphatic heterocycles. The number of hydrogen-bond donors (Lipinski definition) is 2. The number of hydrogen-bond acceptors (Lipinski definition) is 5. The van der Waals surface area contributed by atoms with Crippen LogP contribution in [0.3, 0.4) is 0 Å². The lowest BCUT2D eigenvalue weighted by Gasteiger charge is -2.16. The first-order chi connectivity index (χ1) is 12.1. The zero-order valence-corrected chi connectivity index (χ0v) is 15.7. The Labute approximate surface area is 152 Å². The Kier molecular flexibility index (Phi) is 8.02. The fourth-order valence-electron chi connectivity index (χ4n) is 2.03. The van der Waals surface area contributed by atoms with Crippen LogP contribution in [0.1, 0.15) is 45.7 Å². The van der Waals surface area contributed by atoms with Crippen molar-refractivity contribution >= 4 is 11.9 Å². The van der Waals surface area contributed by atoms with Gasteiger partial charge in [-0.05, 0) is 12.3 Å². The summed E-state index contributed by atoms with van der Waals surface area (Å²) in [5.41, 5.74) is 0.185. The molecule has 0 unspecified atom stereocenters. The molecule has 0 fully saturated rings. The first-order valence-electron chi connectivity index (χ1n) is 8.54. The summed E-state index contributed by atoms with van der Waals surface area (Å²) in [4.78, 5) is 34.9. The van der Waals surface area contributed by atoms with Crippen molar-refractivity contribution < 1.29 is 19.4 Å². The molecular formula is C18H27N3O5. The molecule has 0 bridgehead atoms. The van der Waals surface area contributed by atoms with Crippen LogP contribution in [-0.4, -0.2) is 39.9 Å². The summed E-state index contributed by atoms with van der Waals surface area (Å²) in [6.07, 6.45) is 0.128. The number of aromatic nitrogens is 2. The molecule has 0 saturated carbocycles. The number of aliphatic carboxylic acids is 1. The van der Waals surface area contributed by atoms with E-state index in [1.54, 1.807) is 0 Å². The Morgan fingerprint density at radius 1 is 1.35 bits per heavy atom. The molecule has 8 heteroatoms. The fourth-order valence-corrected chi connectivity index (χ4v) is 2.03. The lowest BCUT2D eigenvalue weighted by molar-refractivity contribution is -0.133. The first-order valence-corrected chi connectivity index (χ1v) is 8.54. The van der Waals surface area contributed by atoms with Crippen LogP contribution >= 0.6 is 0 Å². The summed E-state index contributed by atoms with van der Waals surface area (Å²) >= 11 is 0. The van der Waals surface area contributed by atoms with Crippen LogP contribution in [0.2, 0.25) is 0 Å². The smallest absolute Gasteiger partial charge is 0.331 e. The molecule has 1 heterocycles. The van der Waals surface area contributed by atoms with Gasteiger partial charge in [0.2, 0.25) is 5.91 Å². The van der Waals surface area contributed by atoms with Gasteiger partial charge in [0.05, 0.1) is 6.61 Å². The van der Waals surface area contributed by atoms with Gasteiger partial charge in [0, 0.05) is 24.1 Å². The SMILES string of the molecule is C=C(CCNC(=O)Cn1nc(C(C)C)c(OCC(C)C)cc1=O)C(=O)O. The van der Waals surface area contributed by atoms with Crippen molar-refractivity contribution in [3.8, 4) is 5.75 Å². The second-order valence-corrected chi connectivity index (χ2v) is 6.76. The standard InChI is InChI=1S/C18H27N3O5/c1-11(2)10-26-14-8-16(23)21(20-17(14)12(3)4)9-15(22)19-7-6-13(5)18(24)25/h8,11-12H,5-7,9-10H2,1-4H3,(H,19,22)(H,24,25). The maximum atomic E-state index is 12.2. The highest BCUT2D eigenvalue weighted by atomic mass is 16.5. The van der Waals surface area contributed by atoms with E-state index in [9.17, 15) is 14.4 Å². The Balaban J connectivity index is 2.81. The van der Waals surface area contributed by atoms with Crippen LogP contribution in [0.4, 0.5) is 0 Å². The van der Waals surface area contributed by atoms with Crippen molar-refractivity contribution in [3.05, 3.63) is 34.3 Å². The number of nitrogens with one attached hydrogen (secondary N) is 1. The fraction of sp³-hybridized carbons (Fsp3) is 0.556. The molecule has 1 amide bonds. The molecule has 0 aliphatic carbocycles. The number of carboxylic acid groups (broad SMARTS) is 1. The van der Waals surface area contributed by atoms with Gasteiger partial charge in [-0.1, -0.05) is 34.3 Å². The minimum Gasteiger partial charge on any atom is -0.491 e. The summed E-state index contributed by atoms with van der Waals surface area (Å²) in [5.74, 6) is -0.762. The highest BCUT2D eigenvalue weighted by Gasteiger charge is 2.16. The topological polar surface area (TPSA) is 111 Å². The van der Waals surface area contributed by atoms with E-state index in [0.29, 0.717) is 24.0 Å². The summed E-state index contributed by atoms with van der Waals surface area (Å²) < 4.78 is 6.75. The molecule has 2 N–H and O–H groups in total. The second-order valence-electron chi connectivity index (χ2n) is 6.76. The Bertz CT molecular complexity index is 722. The third-order valence-corrected chi connectivity index (χ3v) is 3.45. The first kappa shape index (κ1) is 21.4. The third-order valence-electron chi connectivity index (χ3n) is 3.45. The van der Waals surface area contributed by atoms with E-state index in [0.717, 1.165) is 4.68 Å². The Morgan fingerprint density at radius 2 is 2.00 bits per heavy atom. The maximum Gasteiger partial charge on any atom is 0.331 e. The van der Waals surface area contributed by atoms with Crippen molar-refractivity contribution in [2.45, 2.75) is 46.6 Å². The summed E-state index contributed by atoms with van der Waals surface area (Å²) in [7, 11) is 0. The van der Waals surface area contributed by atoms with E-state index in [2.05, 4.69) is 17.0 Å². The number of ether oxygens (including phenoxy) is 1. The zero-order chi connectivity index (χ0) is 19.9. The lowest BCUT2D eigenvalue weighted by Crippen LogP contribution is -2.35. The predicted octanol–water partition coefficient (Wildman–Crippen LogP) is 1.55. The van der Waals surface area contributed by atoms with Gasteiger partial charge in [-0.25, -0.2) is 9.48 Å². The molecule has 0 aromatic carbocycles. The largest absolute Gasteiger partial charge is 0.491 e. The van der Waals surface area contributed by atoms with E-state index < -0.39 is 17.4 Å². The minimum atomic E-state index is -1.10. The van der Waals surface area contributed by atoms with E-state index in [1.165, 1.54) is 6.07 Å². The highest BCUT2D eigenvalue weighted by molar-refractivity contribution is 5.85. The zero-order valence-electron chi connectivity index (χ0n) is 15.7. The van der Waals surface area contributed by atoms with E-state index in [1.807, 2.05) is 27.7 Å². The van der Waals surface area contributed by atoms with Gasteiger partial charge in [0.25, 0.3) is 5.56 Å². The Morgan fingerprint density at radius 3 is 2.54 bits per heavy atom. The van der Waals surface area contributed by atoms with Gasteiger partial charge in [-0.3, -0.25) is 9.59 Å². The maximum absolute atomic E-state index is 12.2. The van der Waals surface area contributed by atoms with Crippen molar-refractivity contribution in [2.75, 3.05) is 13.2 Å². The van der Waals surface area contributed by atoms with E-state index in [4.69, 9.17) is 9.84 Å². The van der Waals surface area contributed by atoms with Crippen LogP contribution in [0, 0.1) is 5.92 Å². The normalized spacial score (nSPS) is 10.8. The molecule has 0 spiro atoms. The second kappa shape index (κ2) is 9.74. The molecule has 1 aromatic rings. The number of nitrogens with zero attached hydrogens (tertiary/aromatic N) is 2. The van der Waals surface area contributed by atoms with Gasteiger partial charge in [0.1, 0.15) is 18.0 Å². The molecule has 0 radical (unpaired) electrons. The summed E-state index contributed by atoms with van der Waals surface area (Å²) in [5, 5.41) is 15.5. The van der Waals surface area contributed by atoms with Gasteiger partial charge >= 0.3 is 5.97 Å². The van der Waals surface area contributed by atoms with Gasteiger partial charge < -0.3 is 15.2 Å². The van der Waals surface area contributed by atoms with Crippen molar-refractivity contribution in [3.63, 3.8) is 0 Å². The highest BCUT2D eigenvalue weighted by Crippen LogP contribution is 2.22. The number of carbonyl (C=O) groups excluding carboxylic acids is 1. The third kappa shape index (κ3) is 6.70. The average molecular weight is 365 g/mol. The van der Waals surface area contributed by atoms with Crippen molar-refractivity contribution in [2.24, 2.45) is 5.92 Å². The van der Waals surface area contributed by atoms with Crippen LogP contribution in [0.5, 0.6) is 5.75 Å². The molecule has 26 heavy (non-hydrogen) atoms. The number of amides is 1. The van der Waals surface area contributed by atoms with Crippen LogP contribution < -0.4 is 15.6 Å². The molecule has 144 valence electrons. The molecular weight excluding hydrogens is 338 g/mol. The van der Waals surface area contributed by atoms with E-state index in [-0.39, 0.29) is 31.0 Å². The van der Waals surface area contributed by atoms with Crippen molar-refractivity contribution in [1.82, 2.24) is 15.1 Å². The minimum absolute atomic E-state index is 0.00865. The van der Waals surface area contributed by atoms with Crippen LogP contribution in [0.25, 0.3) is 0 Å². The molecule has 0 aliphatic rings. The summed E-state index contributed by atoms with van der Waals surface area (Å²) in [6.45, 7) is 11.6. The van der Waals surface area contributed by atoms with Gasteiger partial charge in [0.15, 0.2) is 0 Å². The average Bonchev–Trinajstić information content (AvgIpc) is 2.54. The van der Waals surface area contributed by atoms with E-state index >= 15 is 0 Å². The monoisotopic (exact) mass is 365 g/mol. The quantitative estimate of drug-likeness (QED) is 0.609. The van der Waals surface area contributed by atoms with Crippen molar-refractivity contribution in [1.29, 1.82) is 0 Å². The predicted molar refractivity (Wildman–Crippen MR) is 97.3 cm³/mol. The molecule has 8 nitrogen and oxygen atoms in total. The van der Waals surface area contributed by atoms with Crippen LogP contribution in [0.15, 0.2) is 23.0 Å².